The molecule has 33 heavy (non-hydrogen) atoms. The Bertz CT molecular complexity index is 1210. The van der Waals surface area contributed by atoms with E-state index in [1.165, 1.54) is 6.20 Å². The second-order valence-electron chi connectivity index (χ2n) is 11.0. The van der Waals surface area contributed by atoms with Gasteiger partial charge in [-0.15, -0.1) is 0 Å². The van der Waals surface area contributed by atoms with E-state index in [-0.39, 0.29) is 54.1 Å². The van der Waals surface area contributed by atoms with E-state index in [2.05, 4.69) is 11.9 Å². The molecular formula is C25H30N2O6. The number of hydrogen-bond acceptors (Lipinski definition) is 6. The van der Waals surface area contributed by atoms with Crippen molar-refractivity contribution in [2.75, 3.05) is 0 Å². The number of aliphatic hydroxyl groups is 1. The van der Waals surface area contributed by atoms with Crippen molar-refractivity contribution < 1.29 is 19.5 Å². The molecular weight excluding hydrogens is 424 g/mol. The minimum atomic E-state index is -1.71. The van der Waals surface area contributed by atoms with Crippen molar-refractivity contribution in [2.45, 2.75) is 70.9 Å². The number of ketones is 3. The van der Waals surface area contributed by atoms with Crippen LogP contribution in [0.3, 0.4) is 0 Å². The lowest BCUT2D eigenvalue weighted by Crippen LogP contribution is -2.61. The zero-order valence-electron chi connectivity index (χ0n) is 19.1. The Labute approximate surface area is 191 Å². The summed E-state index contributed by atoms with van der Waals surface area (Å²) >= 11 is 0. The quantitative estimate of drug-likeness (QED) is 0.714. The Morgan fingerprint density at radius 2 is 1.91 bits per heavy atom. The SMILES string of the molecule is CC12CCC(=O)C=C1CCC1C2C(=O)CC2(C)C1CCC2(O)C(=O)Cn1ccc(=O)[nH]c1=O. The van der Waals surface area contributed by atoms with Gasteiger partial charge >= 0.3 is 5.69 Å². The maximum Gasteiger partial charge on any atom is 0.328 e. The zero-order chi connectivity index (χ0) is 23.8. The van der Waals surface area contributed by atoms with E-state index in [9.17, 15) is 29.1 Å². The Morgan fingerprint density at radius 3 is 2.64 bits per heavy atom. The van der Waals surface area contributed by atoms with Crippen molar-refractivity contribution in [1.29, 1.82) is 0 Å². The molecule has 0 spiro atoms. The summed E-state index contributed by atoms with van der Waals surface area (Å²) in [5, 5.41) is 11.7. The summed E-state index contributed by atoms with van der Waals surface area (Å²) in [6.07, 6.45) is 6.66. The highest BCUT2D eigenvalue weighted by atomic mass is 16.3. The monoisotopic (exact) mass is 454 g/mol. The molecule has 0 aliphatic heterocycles. The number of aromatic amines is 1. The summed E-state index contributed by atoms with van der Waals surface area (Å²) in [5.74, 6) is -0.425. The molecule has 5 rings (SSSR count). The average molecular weight is 455 g/mol. The molecule has 0 amide bonds. The van der Waals surface area contributed by atoms with Crippen molar-refractivity contribution in [2.24, 2.45) is 28.6 Å². The van der Waals surface area contributed by atoms with Crippen LogP contribution in [0.1, 0.15) is 58.8 Å². The maximum atomic E-state index is 13.6. The third kappa shape index (κ3) is 3.02. The van der Waals surface area contributed by atoms with E-state index in [1.807, 2.05) is 6.92 Å². The van der Waals surface area contributed by atoms with E-state index in [0.29, 0.717) is 19.3 Å². The lowest BCUT2D eigenvalue weighted by molar-refractivity contribution is -0.169. The summed E-state index contributed by atoms with van der Waals surface area (Å²) in [7, 11) is 0. The normalized spacial score (nSPS) is 40.0. The highest BCUT2D eigenvalue weighted by Gasteiger charge is 2.68. The van der Waals surface area contributed by atoms with Gasteiger partial charge in [-0.2, -0.15) is 0 Å². The summed E-state index contributed by atoms with van der Waals surface area (Å²) in [4.78, 5) is 64.6. The van der Waals surface area contributed by atoms with E-state index < -0.39 is 28.0 Å². The molecule has 8 nitrogen and oxygen atoms in total. The molecule has 2 N–H and O–H groups in total. The molecule has 1 heterocycles. The van der Waals surface area contributed by atoms with E-state index in [1.54, 1.807) is 6.08 Å². The van der Waals surface area contributed by atoms with Crippen LogP contribution < -0.4 is 11.2 Å². The standard InChI is InChI=1S/C25H30N2O6/c1-23-8-5-15(28)11-14(23)3-4-16-17-6-9-25(33,24(17,2)12-18(29)21(16)23)19(30)13-27-10-7-20(31)26-22(27)32/h7,10-11,16-17,21,33H,3-6,8-9,12-13H2,1-2H3,(H,26,31,32). The summed E-state index contributed by atoms with van der Waals surface area (Å²) in [6, 6.07) is 1.16. The van der Waals surface area contributed by atoms with Crippen molar-refractivity contribution in [3.63, 3.8) is 0 Å². The fourth-order valence-electron chi connectivity index (χ4n) is 7.70. The first-order valence-electron chi connectivity index (χ1n) is 11.8. The molecule has 6 atom stereocenters. The molecule has 6 unspecified atom stereocenters. The number of nitrogens with zero attached hydrogens (tertiary/aromatic N) is 1. The molecule has 0 saturated heterocycles. The highest BCUT2D eigenvalue weighted by molar-refractivity contribution is 5.94. The number of carbonyl (C=O) groups is 3. The van der Waals surface area contributed by atoms with Gasteiger partial charge in [0.05, 0.1) is 6.54 Å². The van der Waals surface area contributed by atoms with E-state index >= 15 is 0 Å². The van der Waals surface area contributed by atoms with Gasteiger partial charge in [0.2, 0.25) is 0 Å². The Kier molecular flexibility index (Phi) is 4.84. The lowest BCUT2D eigenvalue weighted by atomic mass is 9.46. The molecule has 4 aliphatic carbocycles. The van der Waals surface area contributed by atoms with Gasteiger partial charge in [-0.25, -0.2) is 4.79 Å². The average Bonchev–Trinajstić information content (AvgIpc) is 3.02. The second-order valence-corrected chi connectivity index (χ2v) is 11.0. The molecule has 176 valence electrons. The number of rotatable bonds is 3. The van der Waals surface area contributed by atoms with Gasteiger partial charge in [0.15, 0.2) is 11.6 Å². The third-order valence-corrected chi connectivity index (χ3v) is 9.48. The van der Waals surface area contributed by atoms with Crippen molar-refractivity contribution in [3.8, 4) is 0 Å². The van der Waals surface area contributed by atoms with Crippen LogP contribution in [0, 0.1) is 28.6 Å². The minimum absolute atomic E-state index is 0.0115. The number of allylic oxidation sites excluding steroid dienone is 1. The predicted molar refractivity (Wildman–Crippen MR) is 118 cm³/mol. The van der Waals surface area contributed by atoms with Crippen LogP contribution in [0.4, 0.5) is 0 Å². The fourth-order valence-corrected chi connectivity index (χ4v) is 7.70. The minimum Gasteiger partial charge on any atom is -0.381 e. The molecule has 4 aliphatic rings. The molecule has 1 aromatic heterocycles. The first-order valence-corrected chi connectivity index (χ1v) is 11.8. The first kappa shape index (κ1) is 22.2. The molecule has 0 radical (unpaired) electrons. The third-order valence-electron chi connectivity index (χ3n) is 9.48. The van der Waals surface area contributed by atoms with E-state index in [0.717, 1.165) is 29.0 Å². The number of carbonyl (C=O) groups excluding carboxylic acids is 3. The molecule has 3 saturated carbocycles. The van der Waals surface area contributed by atoms with Crippen molar-refractivity contribution >= 4 is 17.3 Å². The number of H-pyrrole nitrogens is 1. The van der Waals surface area contributed by atoms with Gasteiger partial charge in [-0.05, 0) is 55.4 Å². The van der Waals surface area contributed by atoms with Gasteiger partial charge in [0.25, 0.3) is 5.56 Å². The van der Waals surface area contributed by atoms with Crippen LogP contribution >= 0.6 is 0 Å². The van der Waals surface area contributed by atoms with Crippen molar-refractivity contribution in [1.82, 2.24) is 9.55 Å². The number of aromatic nitrogens is 2. The maximum absolute atomic E-state index is 13.6. The Balaban J connectivity index is 1.47. The van der Waals surface area contributed by atoms with Crippen LogP contribution in [0.5, 0.6) is 0 Å². The van der Waals surface area contributed by atoms with Crippen LogP contribution in [0.2, 0.25) is 0 Å². The van der Waals surface area contributed by atoms with Gasteiger partial charge in [-0.1, -0.05) is 19.4 Å². The highest BCUT2D eigenvalue weighted by Crippen LogP contribution is 2.66. The number of fused-ring (bicyclic) bond motifs is 5. The molecule has 0 aromatic carbocycles. The smallest absolute Gasteiger partial charge is 0.328 e. The second kappa shape index (κ2) is 7.19. The largest absolute Gasteiger partial charge is 0.381 e. The number of Topliss-reactive ketones (excluding diaryl/α,β-unsaturated/α-hetero) is 2. The number of nitrogens with one attached hydrogen (secondary N) is 1. The van der Waals surface area contributed by atoms with Crippen LogP contribution in [0.25, 0.3) is 0 Å². The fraction of sp³-hybridized carbons (Fsp3) is 0.640. The van der Waals surface area contributed by atoms with Gasteiger partial charge in [0, 0.05) is 36.4 Å². The molecule has 1 aromatic rings. The predicted octanol–water partition coefficient (Wildman–Crippen LogP) is 1.55. The number of hydrogen-bond donors (Lipinski definition) is 2. The van der Waals surface area contributed by atoms with E-state index in [4.69, 9.17) is 0 Å². The van der Waals surface area contributed by atoms with Gasteiger partial charge < -0.3 is 5.11 Å². The first-order chi connectivity index (χ1) is 15.5. The van der Waals surface area contributed by atoms with Crippen LogP contribution in [0.15, 0.2) is 33.5 Å². The van der Waals surface area contributed by atoms with Gasteiger partial charge in [-0.3, -0.25) is 28.7 Å². The summed E-state index contributed by atoms with van der Waals surface area (Å²) < 4.78 is 1.09. The van der Waals surface area contributed by atoms with Crippen LogP contribution in [-0.4, -0.2) is 37.6 Å². The summed E-state index contributed by atoms with van der Waals surface area (Å²) in [6.45, 7) is 3.60. The zero-order valence-corrected chi connectivity index (χ0v) is 19.1. The van der Waals surface area contributed by atoms with Crippen molar-refractivity contribution in [3.05, 3.63) is 44.8 Å². The van der Waals surface area contributed by atoms with Gasteiger partial charge in [0.1, 0.15) is 11.4 Å². The molecule has 3 fully saturated rings. The Hall–Kier alpha value is -2.61. The molecule has 8 heteroatoms. The lowest BCUT2D eigenvalue weighted by Gasteiger charge is -2.57. The van der Waals surface area contributed by atoms with Crippen LogP contribution in [-0.2, 0) is 20.9 Å². The summed E-state index contributed by atoms with van der Waals surface area (Å²) in [5.41, 5.74) is -3.13. The Morgan fingerprint density at radius 1 is 1.15 bits per heavy atom. The molecule has 0 bridgehead atoms. The topological polar surface area (TPSA) is 126 Å².